The summed E-state index contributed by atoms with van der Waals surface area (Å²) in [5.41, 5.74) is 2.94. The van der Waals surface area contributed by atoms with Crippen LogP contribution >= 0.6 is 22.6 Å². The molecule has 0 aliphatic carbocycles. The second-order valence-corrected chi connectivity index (χ2v) is 8.58. The highest BCUT2D eigenvalue weighted by molar-refractivity contribution is 14.1. The predicted octanol–water partition coefficient (Wildman–Crippen LogP) is 4.98. The van der Waals surface area contributed by atoms with Crippen LogP contribution in [0.4, 0.5) is 16.2 Å². The van der Waals surface area contributed by atoms with Crippen molar-refractivity contribution < 1.29 is 19.2 Å². The number of anilines is 1. The molecule has 0 aliphatic heterocycles. The Morgan fingerprint density at radius 1 is 1.03 bits per heavy atom. The third kappa shape index (κ3) is 7.28. The van der Waals surface area contributed by atoms with Crippen molar-refractivity contribution in [3.05, 3.63) is 103 Å². The van der Waals surface area contributed by atoms with Gasteiger partial charge in [0.25, 0.3) is 5.69 Å². The number of nitro benzene ring substituents is 1. The summed E-state index contributed by atoms with van der Waals surface area (Å²) in [6.45, 7) is 1.94. The lowest BCUT2D eigenvalue weighted by molar-refractivity contribution is -0.384. The number of nitro groups is 1. The Morgan fingerprint density at radius 3 is 2.36 bits per heavy atom. The van der Waals surface area contributed by atoms with Gasteiger partial charge in [-0.15, -0.1) is 0 Å². The van der Waals surface area contributed by atoms with Crippen LogP contribution in [0.25, 0.3) is 0 Å². The van der Waals surface area contributed by atoms with Crippen LogP contribution in [0, 0.1) is 20.6 Å². The highest BCUT2D eigenvalue weighted by Gasteiger charge is 2.23. The van der Waals surface area contributed by atoms with Crippen LogP contribution in [0.15, 0.2) is 72.8 Å². The van der Waals surface area contributed by atoms with Crippen molar-refractivity contribution in [3.63, 3.8) is 0 Å². The van der Waals surface area contributed by atoms with Gasteiger partial charge in [-0.2, -0.15) is 0 Å². The molecule has 9 heteroatoms. The summed E-state index contributed by atoms with van der Waals surface area (Å²) in [4.78, 5) is 35.9. The van der Waals surface area contributed by atoms with E-state index in [1.165, 1.54) is 12.1 Å². The first-order valence-electron chi connectivity index (χ1n) is 10.1. The fourth-order valence-electron chi connectivity index (χ4n) is 3.09. The molecule has 8 nitrogen and oxygen atoms in total. The largest absolute Gasteiger partial charge is 0.445 e. The number of rotatable bonds is 8. The quantitative estimate of drug-likeness (QED) is 0.230. The Balaban J connectivity index is 1.73. The number of non-ortho nitro benzene ring substituents is 1. The number of hydrogen-bond donors (Lipinski definition) is 2. The van der Waals surface area contributed by atoms with E-state index in [-0.39, 0.29) is 18.7 Å². The SMILES string of the molecule is Cc1cc(I)ccc1NC(=O)[C@H](Cc1ccc([N+](=O)[O-])cc1)NC(=O)OCc1ccccc1. The highest BCUT2D eigenvalue weighted by Crippen LogP contribution is 2.19. The van der Waals surface area contributed by atoms with Gasteiger partial charge < -0.3 is 15.4 Å². The molecule has 0 aliphatic rings. The van der Waals surface area contributed by atoms with Crippen molar-refractivity contribution in [1.82, 2.24) is 5.32 Å². The third-order valence-corrected chi connectivity index (χ3v) is 5.53. The summed E-state index contributed by atoms with van der Waals surface area (Å²) < 4.78 is 6.30. The summed E-state index contributed by atoms with van der Waals surface area (Å²) >= 11 is 2.19. The van der Waals surface area contributed by atoms with Crippen LogP contribution in [0.3, 0.4) is 0 Å². The third-order valence-electron chi connectivity index (χ3n) is 4.85. The summed E-state index contributed by atoms with van der Waals surface area (Å²) in [5, 5.41) is 16.4. The van der Waals surface area contributed by atoms with Crippen molar-refractivity contribution in [1.29, 1.82) is 0 Å². The number of ether oxygens (including phenoxy) is 1. The molecule has 0 fully saturated rings. The van der Waals surface area contributed by atoms with Gasteiger partial charge in [0.15, 0.2) is 0 Å². The first-order chi connectivity index (χ1) is 15.8. The number of halogens is 1. The Labute approximate surface area is 204 Å². The van der Waals surface area contributed by atoms with Crippen molar-refractivity contribution in [3.8, 4) is 0 Å². The van der Waals surface area contributed by atoms with E-state index in [1.54, 1.807) is 18.2 Å². The van der Waals surface area contributed by atoms with Crippen LogP contribution in [-0.4, -0.2) is 23.0 Å². The molecule has 0 radical (unpaired) electrons. The molecule has 0 aromatic heterocycles. The first-order valence-corrected chi connectivity index (χ1v) is 11.2. The average molecular weight is 559 g/mol. The second-order valence-electron chi connectivity index (χ2n) is 7.33. The van der Waals surface area contributed by atoms with Gasteiger partial charge in [-0.25, -0.2) is 4.79 Å². The molecule has 0 saturated carbocycles. The molecule has 0 saturated heterocycles. The molecule has 0 unspecified atom stereocenters. The fraction of sp³-hybridized carbons (Fsp3) is 0.167. The van der Waals surface area contributed by atoms with E-state index in [9.17, 15) is 19.7 Å². The number of nitrogens with one attached hydrogen (secondary N) is 2. The monoisotopic (exact) mass is 559 g/mol. The predicted molar refractivity (Wildman–Crippen MR) is 133 cm³/mol. The van der Waals surface area contributed by atoms with Gasteiger partial charge in [-0.1, -0.05) is 42.5 Å². The summed E-state index contributed by atoms with van der Waals surface area (Å²) in [5.74, 6) is -0.422. The highest BCUT2D eigenvalue weighted by atomic mass is 127. The van der Waals surface area contributed by atoms with Gasteiger partial charge in [0, 0.05) is 27.8 Å². The van der Waals surface area contributed by atoms with Gasteiger partial charge in [0.05, 0.1) is 4.92 Å². The van der Waals surface area contributed by atoms with Crippen LogP contribution < -0.4 is 10.6 Å². The topological polar surface area (TPSA) is 111 Å². The van der Waals surface area contributed by atoms with Gasteiger partial charge in [0.1, 0.15) is 12.6 Å². The van der Waals surface area contributed by atoms with E-state index in [4.69, 9.17) is 4.74 Å². The lowest BCUT2D eigenvalue weighted by atomic mass is 10.0. The van der Waals surface area contributed by atoms with Crippen LogP contribution in [-0.2, 0) is 22.6 Å². The number of hydrogen-bond acceptors (Lipinski definition) is 5. The second kappa shape index (κ2) is 11.4. The number of benzene rings is 3. The van der Waals surface area contributed by atoms with E-state index in [1.807, 2.05) is 49.4 Å². The minimum absolute atomic E-state index is 0.0514. The normalized spacial score (nSPS) is 11.3. The minimum Gasteiger partial charge on any atom is -0.445 e. The standard InChI is InChI=1S/C24H22IN3O5/c1-16-13-19(25)9-12-21(16)26-23(29)22(14-17-7-10-20(11-8-17)28(31)32)27-24(30)33-15-18-5-3-2-4-6-18/h2-13,22H,14-15H2,1H3,(H,26,29)(H,27,30)/t22-/m0/s1. The molecule has 3 rings (SSSR count). The molecule has 0 bridgehead atoms. The molecular weight excluding hydrogens is 537 g/mol. The number of nitrogens with zero attached hydrogens (tertiary/aromatic N) is 1. The molecular formula is C24H22IN3O5. The summed E-state index contributed by atoms with van der Waals surface area (Å²) in [6, 6.07) is 19.7. The van der Waals surface area contributed by atoms with E-state index in [0.29, 0.717) is 11.3 Å². The smallest absolute Gasteiger partial charge is 0.408 e. The summed E-state index contributed by atoms with van der Waals surface area (Å²) in [7, 11) is 0. The maximum Gasteiger partial charge on any atom is 0.408 e. The number of aryl methyl sites for hydroxylation is 1. The first kappa shape index (κ1) is 24.2. The van der Waals surface area contributed by atoms with Crippen molar-refractivity contribution in [2.24, 2.45) is 0 Å². The number of alkyl carbamates (subject to hydrolysis) is 1. The van der Waals surface area contributed by atoms with Crippen LogP contribution in [0.2, 0.25) is 0 Å². The average Bonchev–Trinajstić information content (AvgIpc) is 2.80. The van der Waals surface area contributed by atoms with Gasteiger partial charge in [0.2, 0.25) is 5.91 Å². The molecule has 2 N–H and O–H groups in total. The van der Waals surface area contributed by atoms with E-state index in [0.717, 1.165) is 14.7 Å². The van der Waals surface area contributed by atoms with Crippen LogP contribution in [0.5, 0.6) is 0 Å². The van der Waals surface area contributed by atoms with Gasteiger partial charge in [-0.05, 0) is 64.4 Å². The zero-order valence-electron chi connectivity index (χ0n) is 17.8. The number of carbonyl (C=O) groups is 2. The number of amides is 2. The van der Waals surface area contributed by atoms with Crippen molar-refractivity contribution in [2.45, 2.75) is 26.0 Å². The molecule has 3 aromatic rings. The fourth-order valence-corrected chi connectivity index (χ4v) is 3.74. The maximum atomic E-state index is 13.0. The zero-order chi connectivity index (χ0) is 23.8. The molecule has 170 valence electrons. The maximum absolute atomic E-state index is 13.0. The van der Waals surface area contributed by atoms with E-state index >= 15 is 0 Å². The molecule has 3 aromatic carbocycles. The molecule has 0 heterocycles. The van der Waals surface area contributed by atoms with Gasteiger partial charge in [-0.3, -0.25) is 14.9 Å². The Bertz CT molecular complexity index is 1140. The molecule has 2 amide bonds. The van der Waals surface area contributed by atoms with E-state index < -0.39 is 23.0 Å². The Morgan fingerprint density at radius 2 is 1.73 bits per heavy atom. The minimum atomic E-state index is -0.951. The van der Waals surface area contributed by atoms with Crippen molar-refractivity contribution >= 4 is 46.0 Å². The lowest BCUT2D eigenvalue weighted by Gasteiger charge is -2.19. The summed E-state index contributed by atoms with van der Waals surface area (Å²) in [6.07, 6.45) is -0.603. The number of carbonyl (C=O) groups excluding carboxylic acids is 2. The lowest BCUT2D eigenvalue weighted by Crippen LogP contribution is -2.45. The molecule has 33 heavy (non-hydrogen) atoms. The van der Waals surface area contributed by atoms with Gasteiger partial charge >= 0.3 is 6.09 Å². The Kier molecular flexibility index (Phi) is 8.36. The van der Waals surface area contributed by atoms with Crippen molar-refractivity contribution in [2.75, 3.05) is 5.32 Å². The molecule has 1 atom stereocenters. The van der Waals surface area contributed by atoms with Crippen LogP contribution in [0.1, 0.15) is 16.7 Å². The molecule has 0 spiro atoms. The van der Waals surface area contributed by atoms with E-state index in [2.05, 4.69) is 33.2 Å². The Hall–Kier alpha value is -3.47. The zero-order valence-corrected chi connectivity index (χ0v) is 19.9.